The topological polar surface area (TPSA) is 69.9 Å². The second kappa shape index (κ2) is 8.96. The number of rotatable bonds is 7. The van der Waals surface area contributed by atoms with Crippen molar-refractivity contribution in [2.45, 2.75) is 25.5 Å². The summed E-state index contributed by atoms with van der Waals surface area (Å²) in [6.45, 7) is 0.556. The van der Waals surface area contributed by atoms with Crippen molar-refractivity contribution < 1.29 is 36.6 Å². The first-order valence-corrected chi connectivity index (χ1v) is 9.82. The zero-order valence-electron chi connectivity index (χ0n) is 17.1. The lowest BCUT2D eigenvalue weighted by atomic mass is 10.0. The van der Waals surface area contributed by atoms with E-state index >= 15 is 0 Å². The molecule has 1 aromatic heterocycles. The molecule has 1 N–H and O–H groups in total. The summed E-state index contributed by atoms with van der Waals surface area (Å²) in [6.07, 6.45) is -4.46. The van der Waals surface area contributed by atoms with Gasteiger partial charge in [-0.3, -0.25) is 4.79 Å². The lowest BCUT2D eigenvalue weighted by Gasteiger charge is -2.11. The summed E-state index contributed by atoms with van der Waals surface area (Å²) in [6, 6.07) is 14.5. The fourth-order valence-electron chi connectivity index (χ4n) is 3.50. The number of nitrogens with one attached hydrogen (secondary N) is 1. The second-order valence-corrected chi connectivity index (χ2v) is 7.25. The van der Waals surface area contributed by atoms with Crippen molar-refractivity contribution >= 4 is 5.91 Å². The van der Waals surface area contributed by atoms with Crippen LogP contribution in [0.15, 0.2) is 59.0 Å². The molecule has 4 rings (SSSR count). The lowest BCUT2D eigenvalue weighted by Crippen LogP contribution is -2.34. The van der Waals surface area contributed by atoms with Gasteiger partial charge < -0.3 is 23.9 Å². The number of hydrogen-bond donors (Lipinski definition) is 1. The van der Waals surface area contributed by atoms with E-state index in [1.165, 1.54) is 25.3 Å². The Hall–Kier alpha value is -3.46. The summed E-state index contributed by atoms with van der Waals surface area (Å²) in [4.78, 5) is 12.3. The molecule has 32 heavy (non-hydrogen) atoms. The van der Waals surface area contributed by atoms with E-state index in [2.05, 4.69) is 10.1 Å². The number of alkyl halides is 3. The predicted octanol–water partition coefficient (Wildman–Crippen LogP) is 4.73. The highest BCUT2D eigenvalue weighted by Crippen LogP contribution is 2.34. The Kier molecular flexibility index (Phi) is 6.09. The van der Waals surface area contributed by atoms with Gasteiger partial charge in [-0.05, 0) is 53.1 Å². The minimum Gasteiger partial charge on any atom is -0.488 e. The molecule has 1 aliphatic rings. The van der Waals surface area contributed by atoms with Crippen molar-refractivity contribution in [2.24, 2.45) is 0 Å². The molecular weight excluding hydrogens is 427 g/mol. The average molecular weight is 447 g/mol. The molecule has 2 heterocycles. The number of fused-ring (bicyclic) bond motifs is 1. The number of amides is 1. The van der Waals surface area contributed by atoms with Gasteiger partial charge in [0.05, 0.1) is 6.54 Å². The molecule has 2 aromatic carbocycles. The van der Waals surface area contributed by atoms with E-state index in [1.54, 1.807) is 30.3 Å². The molecule has 1 amide bonds. The van der Waals surface area contributed by atoms with Crippen molar-refractivity contribution in [1.82, 2.24) is 5.32 Å². The molecule has 1 unspecified atom stereocenters. The van der Waals surface area contributed by atoms with Gasteiger partial charge in [0.2, 0.25) is 0 Å². The lowest BCUT2D eigenvalue weighted by molar-refractivity contribution is -0.274. The maximum Gasteiger partial charge on any atom is 0.573 e. The van der Waals surface area contributed by atoms with Crippen LogP contribution in [0.3, 0.4) is 0 Å². The van der Waals surface area contributed by atoms with Crippen LogP contribution in [0.4, 0.5) is 13.2 Å². The zero-order valence-corrected chi connectivity index (χ0v) is 17.1. The van der Waals surface area contributed by atoms with Gasteiger partial charge >= 0.3 is 6.36 Å². The minimum absolute atomic E-state index is 0.191. The monoisotopic (exact) mass is 447 g/mol. The van der Waals surface area contributed by atoms with Gasteiger partial charge in [0.1, 0.15) is 30.0 Å². The highest BCUT2D eigenvalue weighted by atomic mass is 19.4. The average Bonchev–Trinajstić information content (AvgIpc) is 3.37. The van der Waals surface area contributed by atoms with Crippen molar-refractivity contribution in [1.29, 1.82) is 0 Å². The first kappa shape index (κ1) is 21.8. The predicted molar refractivity (Wildman–Crippen MR) is 108 cm³/mol. The molecule has 0 aliphatic carbocycles. The van der Waals surface area contributed by atoms with E-state index < -0.39 is 6.36 Å². The third-order valence-electron chi connectivity index (χ3n) is 4.86. The van der Waals surface area contributed by atoms with E-state index in [-0.39, 0.29) is 36.7 Å². The van der Waals surface area contributed by atoms with E-state index in [4.69, 9.17) is 13.9 Å². The molecule has 0 bridgehead atoms. The smallest absolute Gasteiger partial charge is 0.488 e. The number of furan rings is 1. The maximum atomic E-state index is 12.5. The van der Waals surface area contributed by atoms with Gasteiger partial charge in [0.15, 0.2) is 5.76 Å². The van der Waals surface area contributed by atoms with Crippen molar-refractivity contribution in [2.75, 3.05) is 13.7 Å². The quantitative estimate of drug-likeness (QED) is 0.567. The summed E-state index contributed by atoms with van der Waals surface area (Å²) in [7, 11) is 1.54. The highest BCUT2D eigenvalue weighted by molar-refractivity contribution is 5.91. The molecule has 9 heteroatoms. The van der Waals surface area contributed by atoms with Crippen molar-refractivity contribution in [3.63, 3.8) is 0 Å². The summed E-state index contributed by atoms with van der Waals surface area (Å²) < 4.78 is 57.7. The number of methoxy groups -OCH3 is 1. The molecule has 0 fully saturated rings. The van der Waals surface area contributed by atoms with Gasteiger partial charge in [0.25, 0.3) is 5.91 Å². The maximum absolute atomic E-state index is 12.5. The van der Waals surface area contributed by atoms with Gasteiger partial charge in [-0.25, -0.2) is 0 Å². The number of carbonyl (C=O) groups excluding carboxylic acids is 1. The van der Waals surface area contributed by atoms with E-state index in [0.717, 1.165) is 11.1 Å². The molecule has 0 spiro atoms. The van der Waals surface area contributed by atoms with Crippen LogP contribution in [0.1, 0.15) is 21.9 Å². The van der Waals surface area contributed by atoms with Crippen LogP contribution in [0.2, 0.25) is 0 Å². The number of carbonyl (C=O) groups is 1. The normalized spacial score (nSPS) is 15.2. The molecule has 168 valence electrons. The summed E-state index contributed by atoms with van der Waals surface area (Å²) in [5.41, 5.74) is 2.24. The molecular formula is C23H20F3NO5. The zero-order chi connectivity index (χ0) is 22.7. The van der Waals surface area contributed by atoms with Gasteiger partial charge in [0, 0.05) is 13.5 Å². The van der Waals surface area contributed by atoms with Crippen LogP contribution in [-0.2, 0) is 17.8 Å². The van der Waals surface area contributed by atoms with Gasteiger partial charge in [-0.2, -0.15) is 0 Å². The Morgan fingerprint density at radius 3 is 2.72 bits per heavy atom. The first-order chi connectivity index (χ1) is 15.3. The standard InChI is InChI=1S/C23H20F3NO5/c1-29-13-18-6-8-21(30-18)22(28)27-12-19-11-16-9-15(5-7-20(16)31-19)14-3-2-4-17(10-14)32-23(24,25)26/h2-10,19H,11-13H2,1H3,(H,27,28). The SMILES string of the molecule is COCc1ccc(C(=O)NCC2Cc3cc(-c4cccc(OC(F)(F)F)c4)ccc3O2)o1. The Balaban J connectivity index is 1.38. The fraction of sp³-hybridized carbons (Fsp3) is 0.261. The highest BCUT2D eigenvalue weighted by Gasteiger charge is 2.31. The molecule has 0 saturated carbocycles. The van der Waals surface area contributed by atoms with Crippen LogP contribution >= 0.6 is 0 Å². The number of hydrogen-bond acceptors (Lipinski definition) is 5. The molecule has 1 aliphatic heterocycles. The molecule has 1 atom stereocenters. The minimum atomic E-state index is -4.75. The first-order valence-electron chi connectivity index (χ1n) is 9.82. The third-order valence-corrected chi connectivity index (χ3v) is 4.86. The fourth-order valence-corrected chi connectivity index (χ4v) is 3.50. The van der Waals surface area contributed by atoms with Gasteiger partial charge in [-0.15, -0.1) is 13.2 Å². The summed E-state index contributed by atoms with van der Waals surface area (Å²) >= 11 is 0. The summed E-state index contributed by atoms with van der Waals surface area (Å²) in [5.74, 6) is 0.791. The molecule has 6 nitrogen and oxygen atoms in total. The third kappa shape index (κ3) is 5.23. The van der Waals surface area contributed by atoms with Crippen LogP contribution in [0.25, 0.3) is 11.1 Å². The number of halogens is 3. The number of ether oxygens (including phenoxy) is 3. The largest absolute Gasteiger partial charge is 0.573 e. The number of benzene rings is 2. The second-order valence-electron chi connectivity index (χ2n) is 7.25. The van der Waals surface area contributed by atoms with E-state index in [1.807, 2.05) is 6.07 Å². The Morgan fingerprint density at radius 2 is 1.94 bits per heavy atom. The van der Waals surface area contributed by atoms with Crippen LogP contribution < -0.4 is 14.8 Å². The molecule has 0 radical (unpaired) electrons. The van der Waals surface area contributed by atoms with Gasteiger partial charge in [-0.1, -0.05) is 18.2 Å². The molecule has 3 aromatic rings. The molecule has 0 saturated heterocycles. The van der Waals surface area contributed by atoms with Crippen LogP contribution in [0, 0.1) is 0 Å². The van der Waals surface area contributed by atoms with Crippen LogP contribution in [-0.4, -0.2) is 32.0 Å². The Bertz CT molecular complexity index is 1110. The Labute approximate surface area is 181 Å². The van der Waals surface area contributed by atoms with E-state index in [9.17, 15) is 18.0 Å². The van der Waals surface area contributed by atoms with E-state index in [0.29, 0.717) is 23.5 Å². The summed E-state index contributed by atoms with van der Waals surface area (Å²) in [5, 5.41) is 2.79. The van der Waals surface area contributed by atoms with Crippen LogP contribution in [0.5, 0.6) is 11.5 Å². The Morgan fingerprint density at radius 1 is 1.12 bits per heavy atom. The van der Waals surface area contributed by atoms with Crippen molar-refractivity contribution in [3.8, 4) is 22.6 Å². The van der Waals surface area contributed by atoms with Crippen molar-refractivity contribution in [3.05, 3.63) is 71.7 Å².